The lowest BCUT2D eigenvalue weighted by atomic mass is 10.2. The van der Waals surface area contributed by atoms with Gasteiger partial charge in [-0.05, 0) is 19.1 Å². The molecule has 3 amide bonds. The van der Waals surface area contributed by atoms with Gasteiger partial charge in [0.2, 0.25) is 10.0 Å². The van der Waals surface area contributed by atoms with Crippen molar-refractivity contribution < 1.29 is 22.9 Å². The van der Waals surface area contributed by atoms with E-state index in [1.165, 1.54) is 9.21 Å². The predicted octanol–water partition coefficient (Wildman–Crippen LogP) is -1.48. The number of quaternary nitrogens is 1. The van der Waals surface area contributed by atoms with Crippen molar-refractivity contribution in [2.24, 2.45) is 0 Å². The SMILES string of the molecule is C[C@H](C(=O)N1CCNC1=O)[NH+]1CCN(S(=O)(=O)c2ccccc2)CC1. The fourth-order valence-corrected chi connectivity index (χ4v) is 4.74. The Morgan fingerprint density at radius 2 is 1.80 bits per heavy atom. The lowest BCUT2D eigenvalue weighted by molar-refractivity contribution is -0.917. The molecule has 0 aromatic heterocycles. The van der Waals surface area contributed by atoms with E-state index in [2.05, 4.69) is 5.32 Å². The maximum absolute atomic E-state index is 12.6. The molecule has 3 rings (SSSR count). The van der Waals surface area contributed by atoms with Crippen LogP contribution in [0, 0.1) is 0 Å². The molecule has 0 saturated carbocycles. The van der Waals surface area contributed by atoms with Crippen LogP contribution in [0.1, 0.15) is 6.92 Å². The zero-order valence-electron chi connectivity index (χ0n) is 14.1. The smallest absolute Gasteiger partial charge is 0.324 e. The minimum absolute atomic E-state index is 0.204. The van der Waals surface area contributed by atoms with E-state index in [1.54, 1.807) is 37.3 Å². The van der Waals surface area contributed by atoms with Crippen LogP contribution in [-0.2, 0) is 14.8 Å². The van der Waals surface area contributed by atoms with Crippen molar-refractivity contribution in [3.63, 3.8) is 0 Å². The number of piperazine rings is 1. The van der Waals surface area contributed by atoms with E-state index in [-0.39, 0.29) is 22.9 Å². The molecule has 2 aliphatic rings. The highest BCUT2D eigenvalue weighted by atomic mass is 32.2. The normalized spacial score (nSPS) is 21.2. The third kappa shape index (κ3) is 3.53. The summed E-state index contributed by atoms with van der Waals surface area (Å²) in [7, 11) is -3.50. The van der Waals surface area contributed by atoms with E-state index in [1.807, 2.05) is 0 Å². The minimum Gasteiger partial charge on any atom is -0.336 e. The number of nitrogens with one attached hydrogen (secondary N) is 2. The number of sulfonamides is 1. The number of carbonyl (C=O) groups excluding carboxylic acids is 2. The number of nitrogens with zero attached hydrogens (tertiary/aromatic N) is 2. The highest BCUT2D eigenvalue weighted by molar-refractivity contribution is 7.89. The number of amides is 3. The number of carbonyl (C=O) groups is 2. The molecule has 136 valence electrons. The molecule has 8 nitrogen and oxygen atoms in total. The van der Waals surface area contributed by atoms with Crippen LogP contribution in [0.5, 0.6) is 0 Å². The van der Waals surface area contributed by atoms with Gasteiger partial charge in [0.25, 0.3) is 5.91 Å². The first-order valence-electron chi connectivity index (χ1n) is 8.40. The quantitative estimate of drug-likeness (QED) is 0.679. The van der Waals surface area contributed by atoms with Gasteiger partial charge in [0, 0.05) is 13.1 Å². The molecule has 0 aliphatic carbocycles. The zero-order chi connectivity index (χ0) is 18.0. The van der Waals surface area contributed by atoms with Crippen molar-refractivity contribution in [2.75, 3.05) is 39.3 Å². The largest absolute Gasteiger partial charge is 0.336 e. The van der Waals surface area contributed by atoms with Gasteiger partial charge in [-0.15, -0.1) is 0 Å². The zero-order valence-corrected chi connectivity index (χ0v) is 15.0. The van der Waals surface area contributed by atoms with Crippen molar-refractivity contribution in [3.8, 4) is 0 Å². The first-order valence-corrected chi connectivity index (χ1v) is 9.84. The fraction of sp³-hybridized carbons (Fsp3) is 0.500. The summed E-state index contributed by atoms with van der Waals surface area (Å²) in [6.07, 6.45) is 0. The third-order valence-electron chi connectivity index (χ3n) is 4.85. The number of benzene rings is 1. The topological polar surface area (TPSA) is 91.2 Å². The standard InChI is InChI=1S/C16H22N4O4S/c1-13(15(21)20-8-7-17-16(20)22)18-9-11-19(12-10-18)25(23,24)14-5-3-2-4-6-14/h2-6,13H,7-12H2,1H3,(H,17,22)/p+1/t13-/m1/s1. The van der Waals surface area contributed by atoms with E-state index < -0.39 is 10.0 Å². The van der Waals surface area contributed by atoms with Gasteiger partial charge in [-0.3, -0.25) is 9.69 Å². The van der Waals surface area contributed by atoms with Gasteiger partial charge in [-0.25, -0.2) is 13.2 Å². The summed E-state index contributed by atoms with van der Waals surface area (Å²) in [5.41, 5.74) is 0. The average Bonchev–Trinajstić information content (AvgIpc) is 3.07. The number of imide groups is 1. The monoisotopic (exact) mass is 367 g/mol. The summed E-state index contributed by atoms with van der Waals surface area (Å²) >= 11 is 0. The Bertz CT molecular complexity index is 745. The molecule has 0 spiro atoms. The van der Waals surface area contributed by atoms with Crippen LogP contribution in [0.15, 0.2) is 35.2 Å². The summed E-state index contributed by atoms with van der Waals surface area (Å²) in [5.74, 6) is -0.204. The Labute approximate surface area is 147 Å². The Hall–Kier alpha value is -1.97. The Morgan fingerprint density at radius 3 is 2.36 bits per heavy atom. The fourth-order valence-electron chi connectivity index (χ4n) is 3.28. The number of hydrogen-bond donors (Lipinski definition) is 2. The van der Waals surface area contributed by atoms with E-state index in [0.717, 1.165) is 4.90 Å². The molecule has 2 saturated heterocycles. The highest BCUT2D eigenvalue weighted by Crippen LogP contribution is 2.14. The van der Waals surface area contributed by atoms with Crippen LogP contribution in [-0.4, -0.2) is 74.9 Å². The summed E-state index contributed by atoms with van der Waals surface area (Å²) < 4.78 is 26.7. The molecular weight excluding hydrogens is 344 g/mol. The van der Waals surface area contributed by atoms with Crippen molar-refractivity contribution >= 4 is 22.0 Å². The second-order valence-corrected chi connectivity index (χ2v) is 8.26. The lowest BCUT2D eigenvalue weighted by Gasteiger charge is -2.34. The van der Waals surface area contributed by atoms with Gasteiger partial charge >= 0.3 is 6.03 Å². The molecule has 0 unspecified atom stereocenters. The second kappa shape index (κ2) is 7.11. The van der Waals surface area contributed by atoms with Crippen LogP contribution >= 0.6 is 0 Å². The van der Waals surface area contributed by atoms with E-state index in [9.17, 15) is 18.0 Å². The average molecular weight is 367 g/mol. The van der Waals surface area contributed by atoms with Crippen LogP contribution in [0.2, 0.25) is 0 Å². The van der Waals surface area contributed by atoms with Crippen molar-refractivity contribution in [2.45, 2.75) is 17.9 Å². The lowest BCUT2D eigenvalue weighted by Crippen LogP contribution is -3.19. The molecule has 1 aromatic rings. The Morgan fingerprint density at radius 1 is 1.16 bits per heavy atom. The molecule has 9 heteroatoms. The minimum atomic E-state index is -3.50. The molecule has 1 aromatic carbocycles. The van der Waals surface area contributed by atoms with Gasteiger partial charge in [0.05, 0.1) is 31.1 Å². The summed E-state index contributed by atoms with van der Waals surface area (Å²) in [4.78, 5) is 26.6. The van der Waals surface area contributed by atoms with E-state index in [4.69, 9.17) is 0 Å². The highest BCUT2D eigenvalue weighted by Gasteiger charge is 2.38. The summed E-state index contributed by atoms with van der Waals surface area (Å²) in [6, 6.07) is 7.65. The van der Waals surface area contributed by atoms with Crippen molar-refractivity contribution in [3.05, 3.63) is 30.3 Å². The van der Waals surface area contributed by atoms with E-state index >= 15 is 0 Å². The van der Waals surface area contributed by atoms with Crippen LogP contribution < -0.4 is 10.2 Å². The molecule has 0 radical (unpaired) electrons. The molecule has 2 N–H and O–H groups in total. The van der Waals surface area contributed by atoms with Crippen LogP contribution in [0.3, 0.4) is 0 Å². The molecule has 1 atom stereocenters. The van der Waals surface area contributed by atoms with Gasteiger partial charge in [0.1, 0.15) is 0 Å². The van der Waals surface area contributed by atoms with E-state index in [0.29, 0.717) is 39.3 Å². The second-order valence-electron chi connectivity index (χ2n) is 6.32. The van der Waals surface area contributed by atoms with Gasteiger partial charge in [-0.2, -0.15) is 4.31 Å². The molecular formula is C16H23N4O4S+. The maximum Gasteiger partial charge on any atom is 0.324 e. The number of hydrogen-bond acceptors (Lipinski definition) is 4. The number of rotatable bonds is 4. The summed E-state index contributed by atoms with van der Waals surface area (Å²) in [6.45, 7) is 4.46. The van der Waals surface area contributed by atoms with Crippen molar-refractivity contribution in [1.29, 1.82) is 0 Å². The Kier molecular flexibility index (Phi) is 5.07. The third-order valence-corrected chi connectivity index (χ3v) is 6.76. The maximum atomic E-state index is 12.6. The van der Waals surface area contributed by atoms with Crippen LogP contribution in [0.4, 0.5) is 4.79 Å². The van der Waals surface area contributed by atoms with Gasteiger partial charge < -0.3 is 10.2 Å². The van der Waals surface area contributed by atoms with Gasteiger partial charge in [0.15, 0.2) is 6.04 Å². The van der Waals surface area contributed by atoms with Gasteiger partial charge in [-0.1, -0.05) is 18.2 Å². The molecule has 2 aliphatic heterocycles. The summed E-state index contributed by atoms with van der Waals surface area (Å²) in [5, 5.41) is 2.62. The first kappa shape index (κ1) is 17.8. The molecule has 2 heterocycles. The molecule has 0 bridgehead atoms. The first-order chi connectivity index (χ1) is 11.9. The Balaban J connectivity index is 1.62. The molecule has 2 fully saturated rings. The number of urea groups is 1. The van der Waals surface area contributed by atoms with Crippen LogP contribution in [0.25, 0.3) is 0 Å². The van der Waals surface area contributed by atoms with Crippen molar-refractivity contribution in [1.82, 2.24) is 14.5 Å². The predicted molar refractivity (Wildman–Crippen MR) is 90.5 cm³/mol. The molecule has 25 heavy (non-hydrogen) atoms.